The number of aromatic nitrogens is 4. The van der Waals surface area contributed by atoms with Gasteiger partial charge in [-0.2, -0.15) is 0 Å². The molecule has 0 atom stereocenters. The van der Waals surface area contributed by atoms with Crippen molar-refractivity contribution in [3.8, 4) is 0 Å². The van der Waals surface area contributed by atoms with E-state index >= 15 is 0 Å². The molecule has 0 aliphatic heterocycles. The Labute approximate surface area is 129 Å². The minimum atomic E-state index is 0.328. The highest BCUT2D eigenvalue weighted by atomic mass is 79.9. The number of rotatable bonds is 5. The van der Waals surface area contributed by atoms with Crippen molar-refractivity contribution >= 4 is 45.1 Å². The predicted molar refractivity (Wildman–Crippen MR) is 83.5 cm³/mol. The number of nitrogen functional groups attached to an aromatic ring is 2. The topological polar surface area (TPSA) is 116 Å². The standard InChI is InChI=1S/C11H14BrN7S/c1-2-3-15-9-8(12)10(17-5-16-9)20-11-18-6(13)4-7(14)19-11/h4-5H,2-3H2,1H3,(H,15,16,17)(H4,13,14,18,19). The molecule has 2 aromatic heterocycles. The van der Waals surface area contributed by atoms with Crippen LogP contribution in [-0.2, 0) is 0 Å². The first-order valence-corrected chi connectivity index (χ1v) is 7.53. The van der Waals surface area contributed by atoms with Gasteiger partial charge in [0.05, 0.1) is 4.47 Å². The monoisotopic (exact) mass is 355 g/mol. The lowest BCUT2D eigenvalue weighted by Gasteiger charge is -2.08. The van der Waals surface area contributed by atoms with E-state index in [1.807, 2.05) is 0 Å². The van der Waals surface area contributed by atoms with E-state index in [1.54, 1.807) is 0 Å². The van der Waals surface area contributed by atoms with Crippen molar-refractivity contribution in [1.29, 1.82) is 0 Å². The molecule has 5 N–H and O–H groups in total. The highest BCUT2D eigenvalue weighted by molar-refractivity contribution is 9.10. The van der Waals surface area contributed by atoms with Gasteiger partial charge >= 0.3 is 0 Å². The van der Waals surface area contributed by atoms with Crippen LogP contribution in [0.1, 0.15) is 13.3 Å². The van der Waals surface area contributed by atoms with E-state index in [9.17, 15) is 0 Å². The zero-order chi connectivity index (χ0) is 14.5. The molecule has 0 fully saturated rings. The normalized spacial score (nSPS) is 10.5. The van der Waals surface area contributed by atoms with Crippen molar-refractivity contribution in [2.75, 3.05) is 23.3 Å². The van der Waals surface area contributed by atoms with Gasteiger partial charge in [0.2, 0.25) is 0 Å². The van der Waals surface area contributed by atoms with Gasteiger partial charge in [-0.1, -0.05) is 6.92 Å². The molecule has 0 saturated carbocycles. The Morgan fingerprint density at radius 2 is 1.95 bits per heavy atom. The number of nitrogens with two attached hydrogens (primary N) is 2. The third-order valence-corrected chi connectivity index (χ3v) is 4.11. The number of hydrogen-bond donors (Lipinski definition) is 3. The molecule has 2 heterocycles. The van der Waals surface area contributed by atoms with E-state index in [0.717, 1.165) is 23.3 Å². The molecule has 0 unspecified atom stereocenters. The maximum atomic E-state index is 5.65. The van der Waals surface area contributed by atoms with E-state index in [1.165, 1.54) is 24.2 Å². The maximum absolute atomic E-state index is 5.65. The van der Waals surface area contributed by atoms with Gasteiger partial charge in [0, 0.05) is 12.6 Å². The Balaban J connectivity index is 2.24. The molecule has 7 nitrogen and oxygen atoms in total. The van der Waals surface area contributed by atoms with Crippen LogP contribution >= 0.6 is 27.7 Å². The van der Waals surface area contributed by atoms with Crippen molar-refractivity contribution in [3.05, 3.63) is 16.9 Å². The SMILES string of the molecule is CCCNc1ncnc(Sc2nc(N)cc(N)n2)c1Br. The van der Waals surface area contributed by atoms with Crippen LogP contribution in [0.15, 0.2) is 27.0 Å². The van der Waals surface area contributed by atoms with Gasteiger partial charge in [-0.3, -0.25) is 0 Å². The fourth-order valence-corrected chi connectivity index (χ4v) is 2.73. The quantitative estimate of drug-likeness (QED) is 0.551. The van der Waals surface area contributed by atoms with Crippen LogP contribution in [0.5, 0.6) is 0 Å². The average molecular weight is 356 g/mol. The number of halogens is 1. The highest BCUT2D eigenvalue weighted by Gasteiger charge is 2.12. The Kier molecular flexibility index (Phi) is 4.96. The summed E-state index contributed by atoms with van der Waals surface area (Å²) in [6.45, 7) is 2.92. The number of hydrogen-bond acceptors (Lipinski definition) is 8. The highest BCUT2D eigenvalue weighted by Crippen LogP contribution is 2.33. The summed E-state index contributed by atoms with van der Waals surface area (Å²) < 4.78 is 0.767. The summed E-state index contributed by atoms with van der Waals surface area (Å²) >= 11 is 4.75. The molecule has 0 bridgehead atoms. The van der Waals surface area contributed by atoms with Gasteiger partial charge < -0.3 is 16.8 Å². The minimum Gasteiger partial charge on any atom is -0.383 e. The zero-order valence-corrected chi connectivity index (χ0v) is 13.2. The molecule has 20 heavy (non-hydrogen) atoms. The lowest BCUT2D eigenvalue weighted by atomic mass is 10.4. The number of nitrogens with one attached hydrogen (secondary N) is 1. The van der Waals surface area contributed by atoms with Crippen LogP contribution in [0.4, 0.5) is 17.5 Å². The summed E-state index contributed by atoms with van der Waals surface area (Å²) in [6, 6.07) is 1.51. The largest absolute Gasteiger partial charge is 0.383 e. The maximum Gasteiger partial charge on any atom is 0.197 e. The van der Waals surface area contributed by atoms with Crippen molar-refractivity contribution in [1.82, 2.24) is 19.9 Å². The molecular weight excluding hydrogens is 342 g/mol. The van der Waals surface area contributed by atoms with E-state index < -0.39 is 0 Å². The van der Waals surface area contributed by atoms with Gasteiger partial charge in [-0.05, 0) is 34.1 Å². The Hall–Kier alpha value is -1.61. The third-order valence-electron chi connectivity index (χ3n) is 2.23. The summed E-state index contributed by atoms with van der Waals surface area (Å²) in [5.41, 5.74) is 11.3. The van der Waals surface area contributed by atoms with Gasteiger partial charge in [-0.25, -0.2) is 19.9 Å². The molecule has 2 aromatic rings. The minimum absolute atomic E-state index is 0.328. The molecule has 0 aromatic carbocycles. The van der Waals surface area contributed by atoms with Crippen LogP contribution in [0.3, 0.4) is 0 Å². The Morgan fingerprint density at radius 3 is 2.60 bits per heavy atom. The van der Waals surface area contributed by atoms with Crippen LogP contribution < -0.4 is 16.8 Å². The molecule has 106 valence electrons. The fourth-order valence-electron chi connectivity index (χ4n) is 1.39. The van der Waals surface area contributed by atoms with Crippen molar-refractivity contribution < 1.29 is 0 Å². The first-order chi connectivity index (χ1) is 9.60. The summed E-state index contributed by atoms with van der Waals surface area (Å²) in [4.78, 5) is 16.6. The third kappa shape index (κ3) is 3.70. The smallest absolute Gasteiger partial charge is 0.197 e. The molecule has 9 heteroatoms. The van der Waals surface area contributed by atoms with Crippen LogP contribution in [0.2, 0.25) is 0 Å². The van der Waals surface area contributed by atoms with Crippen LogP contribution in [0.25, 0.3) is 0 Å². The van der Waals surface area contributed by atoms with Gasteiger partial charge in [0.15, 0.2) is 5.16 Å². The zero-order valence-electron chi connectivity index (χ0n) is 10.8. The lowest BCUT2D eigenvalue weighted by molar-refractivity contribution is 0.938. The molecule has 0 spiro atoms. The predicted octanol–water partition coefficient (Wildman–Crippen LogP) is 2.17. The molecule has 0 amide bonds. The van der Waals surface area contributed by atoms with E-state index in [2.05, 4.69) is 48.1 Å². The number of nitrogens with zero attached hydrogens (tertiary/aromatic N) is 4. The first-order valence-electron chi connectivity index (χ1n) is 5.92. The Bertz CT molecular complexity index is 587. The second-order valence-corrected chi connectivity index (χ2v) is 5.62. The molecule has 0 aliphatic rings. The second kappa shape index (κ2) is 6.71. The van der Waals surface area contributed by atoms with Crippen molar-refractivity contribution in [2.24, 2.45) is 0 Å². The van der Waals surface area contributed by atoms with Crippen molar-refractivity contribution in [3.63, 3.8) is 0 Å². The second-order valence-electron chi connectivity index (χ2n) is 3.87. The summed E-state index contributed by atoms with van der Waals surface area (Å²) in [6.07, 6.45) is 2.49. The summed E-state index contributed by atoms with van der Waals surface area (Å²) in [7, 11) is 0. The van der Waals surface area contributed by atoms with Gasteiger partial charge in [0.1, 0.15) is 28.8 Å². The summed E-state index contributed by atoms with van der Waals surface area (Å²) in [5.74, 6) is 1.39. The molecule has 0 radical (unpaired) electrons. The molecule has 0 saturated heterocycles. The van der Waals surface area contributed by atoms with Crippen molar-refractivity contribution in [2.45, 2.75) is 23.5 Å². The van der Waals surface area contributed by atoms with E-state index in [0.29, 0.717) is 21.8 Å². The molecule has 0 aliphatic carbocycles. The summed E-state index contributed by atoms with van der Waals surface area (Å²) in [5, 5.41) is 4.36. The molecular formula is C11H14BrN7S. The van der Waals surface area contributed by atoms with Crippen LogP contribution in [0, 0.1) is 0 Å². The van der Waals surface area contributed by atoms with E-state index in [-0.39, 0.29) is 0 Å². The fraction of sp³-hybridized carbons (Fsp3) is 0.273. The molecule has 2 rings (SSSR count). The van der Waals surface area contributed by atoms with Gasteiger partial charge in [0.25, 0.3) is 0 Å². The Morgan fingerprint density at radius 1 is 1.25 bits per heavy atom. The lowest BCUT2D eigenvalue weighted by Crippen LogP contribution is -2.04. The average Bonchev–Trinajstić information content (AvgIpc) is 2.38. The van der Waals surface area contributed by atoms with Gasteiger partial charge in [-0.15, -0.1) is 0 Å². The number of anilines is 3. The van der Waals surface area contributed by atoms with E-state index in [4.69, 9.17) is 11.5 Å². The first kappa shape index (κ1) is 14.8. The van der Waals surface area contributed by atoms with Crippen LogP contribution in [-0.4, -0.2) is 26.5 Å².